The molecule has 2 rings (SSSR count). The van der Waals surface area contributed by atoms with E-state index < -0.39 is 0 Å². The molecule has 0 unspecified atom stereocenters. The van der Waals surface area contributed by atoms with Crippen LogP contribution in [0.1, 0.15) is 44.3 Å². The van der Waals surface area contributed by atoms with Crippen LogP contribution in [-0.2, 0) is 6.42 Å². The molecule has 4 nitrogen and oxygen atoms in total. The lowest BCUT2D eigenvalue weighted by Gasteiger charge is -2.00. The first-order chi connectivity index (χ1) is 8.08. The molecule has 0 spiro atoms. The first-order valence-corrected chi connectivity index (χ1v) is 6.72. The van der Waals surface area contributed by atoms with E-state index >= 15 is 0 Å². The fourth-order valence-corrected chi connectivity index (χ4v) is 2.42. The van der Waals surface area contributed by atoms with E-state index in [1.807, 2.05) is 5.51 Å². The zero-order chi connectivity index (χ0) is 12.4. The van der Waals surface area contributed by atoms with Gasteiger partial charge in [-0.15, -0.1) is 11.3 Å². The van der Waals surface area contributed by atoms with E-state index in [9.17, 15) is 0 Å². The summed E-state index contributed by atoms with van der Waals surface area (Å²) in [7, 11) is 0. The fourth-order valence-electron chi connectivity index (χ4n) is 1.62. The summed E-state index contributed by atoms with van der Waals surface area (Å²) in [6.45, 7) is 8.56. The molecule has 2 aromatic rings. The first kappa shape index (κ1) is 12.2. The smallest absolute Gasteiger partial charge is 0.277 e. The first-order valence-electron chi connectivity index (χ1n) is 5.84. The van der Waals surface area contributed by atoms with Crippen molar-refractivity contribution in [3.05, 3.63) is 16.2 Å². The molecule has 0 saturated carbocycles. The number of hydrogen-bond acceptors (Lipinski definition) is 5. The molecule has 0 aliphatic heterocycles. The van der Waals surface area contributed by atoms with E-state index in [0.29, 0.717) is 17.7 Å². The molecule has 0 aliphatic carbocycles. The number of rotatable bonds is 4. The van der Waals surface area contributed by atoms with E-state index in [2.05, 4.69) is 42.8 Å². The minimum atomic E-state index is 0.429. The molecular weight excluding hydrogens is 234 g/mol. The normalized spacial score (nSPS) is 11.6. The highest BCUT2D eigenvalue weighted by atomic mass is 32.1. The van der Waals surface area contributed by atoms with Gasteiger partial charge < -0.3 is 4.52 Å². The van der Waals surface area contributed by atoms with E-state index in [0.717, 1.165) is 17.9 Å². The van der Waals surface area contributed by atoms with Gasteiger partial charge in [0.1, 0.15) is 5.69 Å². The Hall–Kier alpha value is -1.23. The molecule has 2 heterocycles. The summed E-state index contributed by atoms with van der Waals surface area (Å²) >= 11 is 1.64. The van der Waals surface area contributed by atoms with Crippen LogP contribution in [0.2, 0.25) is 0 Å². The van der Waals surface area contributed by atoms with Gasteiger partial charge >= 0.3 is 0 Å². The number of nitrogens with zero attached hydrogens (tertiary/aromatic N) is 3. The number of aromatic nitrogens is 3. The Balaban J connectivity index is 2.27. The Morgan fingerprint density at radius 2 is 2.06 bits per heavy atom. The summed E-state index contributed by atoms with van der Waals surface area (Å²) < 4.78 is 5.28. The maximum absolute atomic E-state index is 5.28. The van der Waals surface area contributed by atoms with Gasteiger partial charge in [0, 0.05) is 11.3 Å². The lowest BCUT2D eigenvalue weighted by Crippen LogP contribution is -1.96. The van der Waals surface area contributed by atoms with Crippen molar-refractivity contribution in [1.82, 2.24) is 15.1 Å². The third-order valence-electron chi connectivity index (χ3n) is 2.38. The van der Waals surface area contributed by atoms with Crippen LogP contribution in [0, 0.1) is 5.92 Å². The van der Waals surface area contributed by atoms with Crippen molar-refractivity contribution in [3.8, 4) is 11.6 Å². The molecule has 0 fully saturated rings. The highest BCUT2D eigenvalue weighted by molar-refractivity contribution is 7.10. The van der Waals surface area contributed by atoms with E-state index in [1.54, 1.807) is 11.3 Å². The molecule has 0 aliphatic rings. The van der Waals surface area contributed by atoms with Gasteiger partial charge in [-0.25, -0.2) is 4.98 Å². The summed E-state index contributed by atoms with van der Waals surface area (Å²) in [5.74, 6) is 2.27. The van der Waals surface area contributed by atoms with Crippen LogP contribution in [-0.4, -0.2) is 15.1 Å². The molecule has 0 saturated heterocycles. The van der Waals surface area contributed by atoms with Gasteiger partial charge in [-0.1, -0.05) is 32.9 Å². The van der Waals surface area contributed by atoms with Crippen molar-refractivity contribution in [2.45, 2.75) is 40.0 Å². The maximum Gasteiger partial charge on any atom is 0.277 e. The van der Waals surface area contributed by atoms with Crippen molar-refractivity contribution in [1.29, 1.82) is 0 Å². The predicted molar refractivity (Wildman–Crippen MR) is 68.0 cm³/mol. The van der Waals surface area contributed by atoms with Gasteiger partial charge in [0.2, 0.25) is 0 Å². The van der Waals surface area contributed by atoms with E-state index in [1.165, 1.54) is 4.88 Å². The monoisotopic (exact) mass is 251 g/mol. The molecular formula is C12H17N3OS. The second kappa shape index (κ2) is 4.96. The molecule has 0 radical (unpaired) electrons. The third-order valence-corrected chi connectivity index (χ3v) is 3.51. The quantitative estimate of drug-likeness (QED) is 0.834. The summed E-state index contributed by atoms with van der Waals surface area (Å²) in [5, 5.41) is 3.99. The highest BCUT2D eigenvalue weighted by Gasteiger charge is 2.18. The fraction of sp³-hybridized carbons (Fsp3) is 0.583. The molecule has 0 amide bonds. The number of thiazole rings is 1. The topological polar surface area (TPSA) is 51.8 Å². The molecule has 2 aromatic heterocycles. The molecule has 5 heteroatoms. The van der Waals surface area contributed by atoms with Crippen LogP contribution in [0.15, 0.2) is 10.0 Å². The van der Waals surface area contributed by atoms with Gasteiger partial charge in [0.25, 0.3) is 5.89 Å². The second-order valence-electron chi connectivity index (χ2n) is 4.83. The molecule has 0 atom stereocenters. The van der Waals surface area contributed by atoms with Gasteiger partial charge in [-0.2, -0.15) is 4.98 Å². The van der Waals surface area contributed by atoms with Crippen molar-refractivity contribution >= 4 is 11.3 Å². The Bertz CT molecular complexity index is 487. The number of hydrogen-bond donors (Lipinski definition) is 0. The zero-order valence-electron chi connectivity index (χ0n) is 10.6. The molecule has 92 valence electrons. The Labute approximate surface area is 105 Å². The average Bonchev–Trinajstić information content (AvgIpc) is 2.82. The van der Waals surface area contributed by atoms with Crippen molar-refractivity contribution in [2.75, 3.05) is 0 Å². The summed E-state index contributed by atoms with van der Waals surface area (Å²) in [6.07, 6.45) is 0.838. The highest BCUT2D eigenvalue weighted by Crippen LogP contribution is 2.30. The Morgan fingerprint density at radius 1 is 1.29 bits per heavy atom. The summed E-state index contributed by atoms with van der Waals surface area (Å²) in [6, 6.07) is 0. The van der Waals surface area contributed by atoms with Crippen LogP contribution in [0.3, 0.4) is 0 Å². The molecule has 0 N–H and O–H groups in total. The van der Waals surface area contributed by atoms with E-state index in [-0.39, 0.29) is 0 Å². The van der Waals surface area contributed by atoms with E-state index in [4.69, 9.17) is 4.52 Å². The minimum absolute atomic E-state index is 0.429. The van der Waals surface area contributed by atoms with Crippen molar-refractivity contribution < 1.29 is 4.52 Å². The molecule has 0 aromatic carbocycles. The maximum atomic E-state index is 5.28. The average molecular weight is 251 g/mol. The van der Waals surface area contributed by atoms with Crippen LogP contribution < -0.4 is 0 Å². The summed E-state index contributed by atoms with van der Waals surface area (Å²) in [4.78, 5) is 9.92. The van der Waals surface area contributed by atoms with Crippen LogP contribution in [0.5, 0.6) is 0 Å². The SMILES string of the molecule is CC(C)Cc1noc(-c2ncsc2C(C)C)n1. The van der Waals surface area contributed by atoms with Crippen molar-refractivity contribution in [2.24, 2.45) is 5.92 Å². The lowest BCUT2D eigenvalue weighted by atomic mass is 10.1. The van der Waals surface area contributed by atoms with Crippen LogP contribution >= 0.6 is 11.3 Å². The van der Waals surface area contributed by atoms with Crippen molar-refractivity contribution in [3.63, 3.8) is 0 Å². The molecule has 17 heavy (non-hydrogen) atoms. The van der Waals surface area contributed by atoms with Gasteiger partial charge in [-0.05, 0) is 11.8 Å². The van der Waals surface area contributed by atoms with Gasteiger partial charge in [0.15, 0.2) is 5.82 Å². The predicted octanol–water partition coefficient (Wildman–Crippen LogP) is 3.52. The lowest BCUT2D eigenvalue weighted by molar-refractivity contribution is 0.416. The minimum Gasteiger partial charge on any atom is -0.332 e. The Kier molecular flexibility index (Phi) is 3.57. The zero-order valence-corrected chi connectivity index (χ0v) is 11.4. The van der Waals surface area contributed by atoms with Crippen LogP contribution in [0.4, 0.5) is 0 Å². The van der Waals surface area contributed by atoms with Crippen LogP contribution in [0.25, 0.3) is 11.6 Å². The molecule has 0 bridgehead atoms. The van der Waals surface area contributed by atoms with Gasteiger partial charge in [-0.3, -0.25) is 0 Å². The third kappa shape index (κ3) is 2.72. The summed E-state index contributed by atoms with van der Waals surface area (Å²) in [5.41, 5.74) is 2.67. The standard InChI is InChI=1S/C12H17N3OS/c1-7(2)5-9-14-12(16-15-9)10-11(8(3)4)17-6-13-10/h6-8H,5H2,1-4H3. The Morgan fingerprint density at radius 3 is 2.71 bits per heavy atom. The second-order valence-corrected chi connectivity index (χ2v) is 5.72. The largest absolute Gasteiger partial charge is 0.332 e. The van der Waals surface area contributed by atoms with Gasteiger partial charge in [0.05, 0.1) is 5.51 Å².